The third-order valence-corrected chi connectivity index (χ3v) is 4.43. The first-order valence-corrected chi connectivity index (χ1v) is 8.27. The number of amides is 1. The fourth-order valence-electron chi connectivity index (χ4n) is 3.03. The van der Waals surface area contributed by atoms with Crippen LogP contribution in [-0.4, -0.2) is 44.3 Å². The van der Waals surface area contributed by atoms with Crippen molar-refractivity contribution in [2.75, 3.05) is 27.3 Å². The normalized spacial score (nSPS) is 16.3. The minimum atomic E-state index is -0.260. The fraction of sp³-hybridized carbons (Fsp3) is 0.556. The molecule has 1 amide bonds. The minimum absolute atomic E-state index is 0.130. The minimum Gasteiger partial charge on any atom is -0.497 e. The molecule has 1 aromatic rings. The second-order valence-electron chi connectivity index (χ2n) is 5.92. The third-order valence-electron chi connectivity index (χ3n) is 4.43. The van der Waals surface area contributed by atoms with Gasteiger partial charge in [0.2, 0.25) is 0 Å². The van der Waals surface area contributed by atoms with E-state index in [4.69, 9.17) is 14.7 Å². The van der Waals surface area contributed by atoms with Gasteiger partial charge in [-0.1, -0.05) is 12.1 Å². The van der Waals surface area contributed by atoms with Crippen LogP contribution in [0.15, 0.2) is 24.3 Å². The maximum absolute atomic E-state index is 11.6. The summed E-state index contributed by atoms with van der Waals surface area (Å²) < 4.78 is 9.97. The summed E-state index contributed by atoms with van der Waals surface area (Å²) in [6.07, 6.45) is 2.78. The van der Waals surface area contributed by atoms with Crippen molar-refractivity contribution in [1.29, 1.82) is 5.26 Å². The van der Waals surface area contributed by atoms with Crippen LogP contribution in [0.1, 0.15) is 37.3 Å². The first kappa shape index (κ1) is 18.1. The van der Waals surface area contributed by atoms with Crippen LogP contribution in [0.5, 0.6) is 5.75 Å². The number of likely N-dealkylation sites (tertiary alicyclic amines) is 1. The fourth-order valence-corrected chi connectivity index (χ4v) is 3.03. The monoisotopic (exact) mass is 331 g/mol. The van der Waals surface area contributed by atoms with E-state index < -0.39 is 0 Å². The largest absolute Gasteiger partial charge is 0.497 e. The maximum Gasteiger partial charge on any atom is 0.409 e. The highest BCUT2D eigenvalue weighted by atomic mass is 16.5. The van der Waals surface area contributed by atoms with Gasteiger partial charge in [0, 0.05) is 31.6 Å². The lowest BCUT2D eigenvalue weighted by atomic mass is 9.98. The molecule has 6 heteroatoms. The summed E-state index contributed by atoms with van der Waals surface area (Å²) in [6.45, 7) is 1.38. The Bertz CT molecular complexity index is 560. The second kappa shape index (κ2) is 9.14. The molecule has 24 heavy (non-hydrogen) atoms. The van der Waals surface area contributed by atoms with Crippen molar-refractivity contribution < 1.29 is 14.3 Å². The van der Waals surface area contributed by atoms with Gasteiger partial charge in [-0.3, -0.25) is 0 Å². The van der Waals surface area contributed by atoms with Crippen LogP contribution in [-0.2, 0) is 4.74 Å². The summed E-state index contributed by atoms with van der Waals surface area (Å²) in [4.78, 5) is 13.3. The first-order valence-electron chi connectivity index (χ1n) is 8.27. The molecule has 0 radical (unpaired) electrons. The van der Waals surface area contributed by atoms with Gasteiger partial charge in [0.05, 0.1) is 20.3 Å². The van der Waals surface area contributed by atoms with Crippen molar-refractivity contribution >= 4 is 6.09 Å². The Labute approximate surface area is 143 Å². The summed E-state index contributed by atoms with van der Waals surface area (Å²) in [5.41, 5.74) is 1.15. The van der Waals surface area contributed by atoms with E-state index in [-0.39, 0.29) is 12.1 Å². The van der Waals surface area contributed by atoms with Crippen molar-refractivity contribution in [2.45, 2.75) is 37.8 Å². The average molecular weight is 331 g/mol. The second-order valence-corrected chi connectivity index (χ2v) is 5.92. The Morgan fingerprint density at radius 3 is 2.54 bits per heavy atom. The molecule has 0 bridgehead atoms. The van der Waals surface area contributed by atoms with E-state index >= 15 is 0 Å². The van der Waals surface area contributed by atoms with Crippen molar-refractivity contribution in [3.63, 3.8) is 0 Å². The molecule has 1 heterocycles. The van der Waals surface area contributed by atoms with Gasteiger partial charge in [-0.15, -0.1) is 0 Å². The Kier molecular flexibility index (Phi) is 6.89. The van der Waals surface area contributed by atoms with Crippen LogP contribution in [0.25, 0.3) is 0 Å². The Hall–Kier alpha value is -2.26. The topological polar surface area (TPSA) is 74.6 Å². The van der Waals surface area contributed by atoms with Crippen molar-refractivity contribution in [3.05, 3.63) is 29.8 Å². The number of hydrogen-bond acceptors (Lipinski definition) is 5. The number of nitrogens with zero attached hydrogens (tertiary/aromatic N) is 2. The highest BCUT2D eigenvalue weighted by Crippen LogP contribution is 2.24. The number of nitrogens with one attached hydrogen (secondary N) is 1. The van der Waals surface area contributed by atoms with Crippen molar-refractivity contribution in [2.24, 2.45) is 0 Å². The van der Waals surface area contributed by atoms with Crippen LogP contribution in [0.4, 0.5) is 4.79 Å². The molecule has 0 spiro atoms. The average Bonchev–Trinajstić information content (AvgIpc) is 2.65. The first-order chi connectivity index (χ1) is 11.7. The van der Waals surface area contributed by atoms with Crippen LogP contribution in [0.2, 0.25) is 0 Å². The molecule has 1 aromatic carbocycles. The van der Waals surface area contributed by atoms with Gasteiger partial charge >= 0.3 is 6.09 Å². The molecule has 1 saturated heterocycles. The summed E-state index contributed by atoms with van der Waals surface area (Å²) in [6, 6.07) is 10.6. The van der Waals surface area contributed by atoms with E-state index in [1.807, 2.05) is 24.3 Å². The molecule has 1 unspecified atom stereocenters. The zero-order valence-electron chi connectivity index (χ0n) is 14.3. The SMILES string of the molecule is COC(=O)N1CCC(NC(CCC#N)c2ccc(OC)cc2)CC1. The standard InChI is InChI=1S/C18H25N3O3/c1-23-16-7-5-14(6-8-16)17(4-3-11-19)20-15-9-12-21(13-10-15)18(22)24-2/h5-8,15,17,20H,3-4,9-10,12-13H2,1-2H3. The number of piperidine rings is 1. The van der Waals surface area contributed by atoms with E-state index in [1.165, 1.54) is 7.11 Å². The highest BCUT2D eigenvalue weighted by molar-refractivity contribution is 5.67. The molecule has 130 valence electrons. The molecular formula is C18H25N3O3. The van der Waals surface area contributed by atoms with E-state index in [0.29, 0.717) is 25.6 Å². The van der Waals surface area contributed by atoms with Gasteiger partial charge in [-0.25, -0.2) is 4.79 Å². The summed E-state index contributed by atoms with van der Waals surface area (Å²) >= 11 is 0. The molecule has 6 nitrogen and oxygen atoms in total. The number of methoxy groups -OCH3 is 2. The molecule has 1 N–H and O–H groups in total. The maximum atomic E-state index is 11.6. The molecule has 1 fully saturated rings. The van der Waals surface area contributed by atoms with Crippen LogP contribution >= 0.6 is 0 Å². The molecule has 0 aromatic heterocycles. The highest BCUT2D eigenvalue weighted by Gasteiger charge is 2.25. The number of carbonyl (C=O) groups excluding carboxylic acids is 1. The summed E-state index contributed by atoms with van der Waals surface area (Å²) in [5, 5.41) is 12.6. The van der Waals surface area contributed by atoms with Crippen molar-refractivity contribution in [3.8, 4) is 11.8 Å². The molecule has 0 saturated carbocycles. The Balaban J connectivity index is 1.96. The molecule has 0 aliphatic carbocycles. The summed E-state index contributed by atoms with van der Waals surface area (Å²) in [7, 11) is 3.06. The van der Waals surface area contributed by atoms with Crippen LogP contribution < -0.4 is 10.1 Å². The quantitative estimate of drug-likeness (QED) is 0.867. The number of hydrogen-bond donors (Lipinski definition) is 1. The van der Waals surface area contributed by atoms with Crippen LogP contribution in [0.3, 0.4) is 0 Å². The van der Waals surface area contributed by atoms with Gasteiger partial charge in [-0.2, -0.15) is 5.26 Å². The lowest BCUT2D eigenvalue weighted by Gasteiger charge is -2.34. The van der Waals surface area contributed by atoms with Gasteiger partial charge in [0.15, 0.2) is 0 Å². The van der Waals surface area contributed by atoms with Gasteiger partial charge in [-0.05, 0) is 37.0 Å². The van der Waals surface area contributed by atoms with Gasteiger partial charge in [0.1, 0.15) is 5.75 Å². The van der Waals surface area contributed by atoms with E-state index in [9.17, 15) is 4.79 Å². The number of carbonyl (C=O) groups is 1. The lowest BCUT2D eigenvalue weighted by molar-refractivity contribution is 0.108. The smallest absolute Gasteiger partial charge is 0.409 e. The number of benzene rings is 1. The van der Waals surface area contributed by atoms with Gasteiger partial charge < -0.3 is 19.7 Å². The Morgan fingerprint density at radius 1 is 1.33 bits per heavy atom. The predicted octanol–water partition coefficient (Wildman–Crippen LogP) is 2.86. The van der Waals surface area contributed by atoms with E-state index in [0.717, 1.165) is 30.6 Å². The third kappa shape index (κ3) is 4.87. The van der Waals surface area contributed by atoms with E-state index in [2.05, 4.69) is 11.4 Å². The zero-order valence-corrected chi connectivity index (χ0v) is 14.3. The Morgan fingerprint density at radius 2 is 2.00 bits per heavy atom. The molecule has 1 aliphatic rings. The van der Waals surface area contributed by atoms with Gasteiger partial charge in [0.25, 0.3) is 0 Å². The zero-order chi connectivity index (χ0) is 17.4. The summed E-state index contributed by atoms with van der Waals surface area (Å²) in [5.74, 6) is 0.823. The number of nitriles is 1. The molecule has 1 aliphatic heterocycles. The van der Waals surface area contributed by atoms with Crippen molar-refractivity contribution in [1.82, 2.24) is 10.2 Å². The molecule has 1 atom stereocenters. The molecule has 2 rings (SSSR count). The van der Waals surface area contributed by atoms with E-state index in [1.54, 1.807) is 12.0 Å². The number of ether oxygens (including phenoxy) is 2. The number of rotatable bonds is 6. The lowest BCUT2D eigenvalue weighted by Crippen LogP contribution is -2.45. The molecular weight excluding hydrogens is 306 g/mol. The predicted molar refractivity (Wildman–Crippen MR) is 90.7 cm³/mol. The van der Waals surface area contributed by atoms with Crippen LogP contribution in [0, 0.1) is 11.3 Å².